The van der Waals surface area contributed by atoms with Crippen molar-refractivity contribution in [3.05, 3.63) is 28.8 Å². The van der Waals surface area contributed by atoms with E-state index >= 15 is 0 Å². The maximum absolute atomic E-state index is 11.0. The average Bonchev–Trinajstić information content (AvgIpc) is 3.05. The first-order chi connectivity index (χ1) is 9.67. The number of carbonyl (C=O) groups is 1. The Kier molecular flexibility index (Phi) is 3.76. The molecule has 0 amide bonds. The van der Waals surface area contributed by atoms with Crippen LogP contribution in [-0.2, 0) is 11.2 Å². The number of hydrogen-bond donors (Lipinski definition) is 1. The molecule has 2 heterocycles. The predicted octanol–water partition coefficient (Wildman–Crippen LogP) is 3.20. The molecule has 0 bridgehead atoms. The van der Waals surface area contributed by atoms with Crippen LogP contribution in [-0.4, -0.2) is 32.9 Å². The van der Waals surface area contributed by atoms with Crippen LogP contribution in [0.3, 0.4) is 0 Å². The average molecular weight is 306 g/mol. The number of aromatic nitrogens is 1. The lowest BCUT2D eigenvalue weighted by molar-refractivity contribution is -0.136. The van der Waals surface area contributed by atoms with Crippen molar-refractivity contribution in [2.24, 2.45) is 4.99 Å². The highest BCUT2D eigenvalue weighted by molar-refractivity contribution is 8.16. The molecule has 0 fully saturated rings. The molecular weight excluding hydrogens is 292 g/mol. The summed E-state index contributed by atoms with van der Waals surface area (Å²) in [5.74, 6) is -0.805. The van der Waals surface area contributed by atoms with E-state index in [0.29, 0.717) is 6.54 Å². The normalized spacial score (nSPS) is 18.4. The first-order valence-corrected chi connectivity index (χ1v) is 8.20. The molecule has 20 heavy (non-hydrogen) atoms. The lowest BCUT2D eigenvalue weighted by Gasteiger charge is -1.98. The number of fused-ring (bicyclic) bond motifs is 1. The topological polar surface area (TPSA) is 62.5 Å². The molecule has 1 aliphatic rings. The van der Waals surface area contributed by atoms with Crippen LogP contribution in [0.25, 0.3) is 10.2 Å². The number of carboxylic acid groups (broad SMARTS) is 1. The minimum absolute atomic E-state index is 0.340. The highest BCUT2D eigenvalue weighted by atomic mass is 32.2. The third-order valence-electron chi connectivity index (χ3n) is 3.10. The maximum Gasteiger partial charge on any atom is 0.318 e. The monoisotopic (exact) mass is 306 g/mol. The van der Waals surface area contributed by atoms with Crippen molar-refractivity contribution in [1.82, 2.24) is 4.98 Å². The Hall–Kier alpha value is -1.40. The van der Waals surface area contributed by atoms with E-state index < -0.39 is 11.2 Å². The van der Waals surface area contributed by atoms with Gasteiger partial charge in [-0.2, -0.15) is 0 Å². The zero-order valence-electron chi connectivity index (χ0n) is 11.0. The Morgan fingerprint density at radius 2 is 2.35 bits per heavy atom. The van der Waals surface area contributed by atoms with Crippen LogP contribution in [0.1, 0.15) is 23.9 Å². The highest BCUT2D eigenvalue weighted by Crippen LogP contribution is 2.31. The molecule has 2 aromatic rings. The van der Waals surface area contributed by atoms with Gasteiger partial charge in [0.05, 0.1) is 16.8 Å². The zero-order valence-corrected chi connectivity index (χ0v) is 12.6. The van der Waals surface area contributed by atoms with Crippen LogP contribution in [0.15, 0.2) is 23.2 Å². The number of aliphatic imine (C=N–C) groups is 1. The van der Waals surface area contributed by atoms with Gasteiger partial charge in [0.1, 0.15) is 15.3 Å². The first kappa shape index (κ1) is 13.6. The Bertz CT molecular complexity index is 694. The molecule has 1 N–H and O–H groups in total. The van der Waals surface area contributed by atoms with Gasteiger partial charge in [0.15, 0.2) is 0 Å². The largest absolute Gasteiger partial charge is 0.480 e. The van der Waals surface area contributed by atoms with Crippen LogP contribution < -0.4 is 0 Å². The summed E-state index contributed by atoms with van der Waals surface area (Å²) in [6.07, 6.45) is 2.19. The standard InChI is InChI=1S/C14H14N2O2S2/c1-2-3-8-4-5-9-10(6-8)19-13(16-9)12-15-7-11(20-12)14(17)18/h4-6,11H,2-3,7H2,1H3,(H,17,18). The van der Waals surface area contributed by atoms with Crippen LogP contribution in [0.2, 0.25) is 0 Å². The number of aryl methyl sites for hydroxylation is 1. The van der Waals surface area contributed by atoms with E-state index in [0.717, 1.165) is 33.1 Å². The van der Waals surface area contributed by atoms with Crippen LogP contribution >= 0.6 is 23.1 Å². The van der Waals surface area contributed by atoms with Gasteiger partial charge in [0.25, 0.3) is 0 Å². The third kappa shape index (κ3) is 2.58. The molecule has 0 aliphatic carbocycles. The molecule has 1 aromatic carbocycles. The Morgan fingerprint density at radius 1 is 1.50 bits per heavy atom. The fourth-order valence-electron chi connectivity index (χ4n) is 2.13. The number of thioether (sulfide) groups is 1. The predicted molar refractivity (Wildman–Crippen MR) is 84.0 cm³/mol. The van der Waals surface area contributed by atoms with E-state index in [1.807, 2.05) is 6.07 Å². The van der Waals surface area contributed by atoms with E-state index in [9.17, 15) is 4.79 Å². The van der Waals surface area contributed by atoms with Crippen LogP contribution in [0, 0.1) is 0 Å². The van der Waals surface area contributed by atoms with Crippen molar-refractivity contribution in [2.75, 3.05) is 6.54 Å². The van der Waals surface area contributed by atoms with Crippen molar-refractivity contribution in [3.63, 3.8) is 0 Å². The second-order valence-corrected chi connectivity index (χ2v) is 6.88. The summed E-state index contributed by atoms with van der Waals surface area (Å²) in [6, 6.07) is 6.32. The van der Waals surface area contributed by atoms with Crippen LogP contribution in [0.4, 0.5) is 0 Å². The van der Waals surface area contributed by atoms with Crippen molar-refractivity contribution < 1.29 is 9.90 Å². The first-order valence-electron chi connectivity index (χ1n) is 6.51. The molecule has 4 nitrogen and oxygen atoms in total. The van der Waals surface area contributed by atoms with E-state index in [2.05, 4.69) is 29.0 Å². The Morgan fingerprint density at radius 3 is 3.05 bits per heavy atom. The lowest BCUT2D eigenvalue weighted by atomic mass is 10.1. The fourth-order valence-corrected chi connectivity index (χ4v) is 4.14. The number of benzene rings is 1. The van der Waals surface area contributed by atoms with E-state index in [-0.39, 0.29) is 0 Å². The summed E-state index contributed by atoms with van der Waals surface area (Å²) in [4.78, 5) is 19.8. The van der Waals surface area contributed by atoms with Crippen molar-refractivity contribution >= 4 is 44.3 Å². The molecule has 1 unspecified atom stereocenters. The van der Waals surface area contributed by atoms with Gasteiger partial charge < -0.3 is 5.11 Å². The summed E-state index contributed by atoms with van der Waals surface area (Å²) in [5, 5.41) is 10.1. The highest BCUT2D eigenvalue weighted by Gasteiger charge is 2.28. The molecule has 0 radical (unpaired) electrons. The molecule has 1 aromatic heterocycles. The summed E-state index contributed by atoms with van der Waals surface area (Å²) < 4.78 is 1.15. The minimum Gasteiger partial charge on any atom is -0.480 e. The molecule has 6 heteroatoms. The van der Waals surface area contributed by atoms with Gasteiger partial charge in [-0.1, -0.05) is 31.2 Å². The van der Waals surface area contributed by atoms with Crippen molar-refractivity contribution in [1.29, 1.82) is 0 Å². The fraction of sp³-hybridized carbons (Fsp3) is 0.357. The molecule has 1 aliphatic heterocycles. The molecule has 104 valence electrons. The van der Waals surface area contributed by atoms with Crippen molar-refractivity contribution in [2.45, 2.75) is 25.0 Å². The molecule has 0 spiro atoms. The summed E-state index contributed by atoms with van der Waals surface area (Å²) in [7, 11) is 0. The minimum atomic E-state index is -0.805. The maximum atomic E-state index is 11.0. The van der Waals surface area contributed by atoms with E-state index in [1.165, 1.54) is 17.3 Å². The van der Waals surface area contributed by atoms with Gasteiger partial charge in [-0.05, 0) is 24.1 Å². The molecule has 1 atom stereocenters. The van der Waals surface area contributed by atoms with Gasteiger partial charge >= 0.3 is 5.97 Å². The van der Waals surface area contributed by atoms with Gasteiger partial charge in [0.2, 0.25) is 0 Å². The van der Waals surface area contributed by atoms with Gasteiger partial charge in [-0.25, -0.2) is 4.98 Å². The molecule has 3 rings (SSSR count). The number of nitrogens with zero attached hydrogens (tertiary/aromatic N) is 2. The number of carboxylic acids is 1. The SMILES string of the molecule is CCCc1ccc2nc(C3=NCC(C(=O)O)S3)sc2c1. The number of hydrogen-bond acceptors (Lipinski definition) is 5. The molecular formula is C14H14N2O2S2. The van der Waals surface area contributed by atoms with E-state index in [4.69, 9.17) is 5.11 Å². The van der Waals surface area contributed by atoms with Crippen LogP contribution in [0.5, 0.6) is 0 Å². The number of rotatable bonds is 4. The zero-order chi connectivity index (χ0) is 14.1. The van der Waals surface area contributed by atoms with Gasteiger partial charge in [-0.15, -0.1) is 11.3 Å². The number of thiazole rings is 1. The lowest BCUT2D eigenvalue weighted by Crippen LogP contribution is -2.16. The smallest absolute Gasteiger partial charge is 0.318 e. The second kappa shape index (κ2) is 5.54. The van der Waals surface area contributed by atoms with Gasteiger partial charge in [0, 0.05) is 0 Å². The molecule has 0 saturated heterocycles. The van der Waals surface area contributed by atoms with Crippen molar-refractivity contribution in [3.8, 4) is 0 Å². The second-order valence-electron chi connectivity index (χ2n) is 4.66. The van der Waals surface area contributed by atoms with Gasteiger partial charge in [-0.3, -0.25) is 9.79 Å². The third-order valence-corrected chi connectivity index (χ3v) is 5.44. The van der Waals surface area contributed by atoms with E-state index in [1.54, 1.807) is 11.3 Å². The summed E-state index contributed by atoms with van der Waals surface area (Å²) in [6.45, 7) is 2.50. The molecule has 0 saturated carbocycles. The Balaban J connectivity index is 1.88. The summed E-state index contributed by atoms with van der Waals surface area (Å²) >= 11 is 2.89. The number of aliphatic carboxylic acids is 1. The quantitative estimate of drug-likeness (QED) is 0.942. The Labute approximate surface area is 124 Å². The summed E-state index contributed by atoms with van der Waals surface area (Å²) in [5.41, 5.74) is 2.28.